The SMILES string of the molecule is CC1CC(C)(c2ccc(N)cc2)CCCC1Cc1ccccc1. The van der Waals surface area contributed by atoms with E-state index in [2.05, 4.69) is 68.4 Å². The molecule has 0 spiro atoms. The average Bonchev–Trinajstić information content (AvgIpc) is 2.68. The van der Waals surface area contributed by atoms with Crippen molar-refractivity contribution in [3.05, 3.63) is 65.7 Å². The van der Waals surface area contributed by atoms with Crippen LogP contribution >= 0.6 is 0 Å². The maximum absolute atomic E-state index is 5.87. The van der Waals surface area contributed by atoms with Crippen LogP contribution in [-0.4, -0.2) is 0 Å². The van der Waals surface area contributed by atoms with Gasteiger partial charge in [0, 0.05) is 5.69 Å². The fourth-order valence-electron chi connectivity index (χ4n) is 4.39. The number of nitrogens with two attached hydrogens (primary N) is 1. The van der Waals surface area contributed by atoms with Gasteiger partial charge in [-0.1, -0.05) is 62.7 Å². The molecule has 0 heterocycles. The third-order valence-corrected chi connectivity index (χ3v) is 5.83. The van der Waals surface area contributed by atoms with E-state index in [4.69, 9.17) is 5.73 Å². The first-order valence-corrected chi connectivity index (χ1v) is 8.97. The smallest absolute Gasteiger partial charge is 0.0314 e. The molecule has 3 unspecified atom stereocenters. The molecule has 0 aromatic heterocycles. The second-order valence-electron chi connectivity index (χ2n) is 7.71. The monoisotopic (exact) mass is 307 g/mol. The van der Waals surface area contributed by atoms with Crippen molar-refractivity contribution in [1.29, 1.82) is 0 Å². The Labute approximate surface area is 140 Å². The summed E-state index contributed by atoms with van der Waals surface area (Å²) in [6.07, 6.45) is 6.45. The molecule has 0 aliphatic heterocycles. The molecular weight excluding hydrogens is 278 g/mol. The molecule has 1 saturated carbocycles. The largest absolute Gasteiger partial charge is 0.399 e. The van der Waals surface area contributed by atoms with E-state index in [1.165, 1.54) is 43.2 Å². The van der Waals surface area contributed by atoms with Crippen LogP contribution in [0.5, 0.6) is 0 Å². The molecule has 0 radical (unpaired) electrons. The van der Waals surface area contributed by atoms with E-state index in [1.54, 1.807) is 0 Å². The minimum absolute atomic E-state index is 0.290. The lowest BCUT2D eigenvalue weighted by atomic mass is 9.72. The number of nitrogen functional groups attached to an aromatic ring is 1. The van der Waals surface area contributed by atoms with E-state index in [0.717, 1.165) is 17.5 Å². The third-order valence-electron chi connectivity index (χ3n) is 5.83. The van der Waals surface area contributed by atoms with E-state index < -0.39 is 0 Å². The van der Waals surface area contributed by atoms with Crippen molar-refractivity contribution in [3.63, 3.8) is 0 Å². The zero-order valence-corrected chi connectivity index (χ0v) is 14.5. The first kappa shape index (κ1) is 16.1. The van der Waals surface area contributed by atoms with Crippen LogP contribution in [0.2, 0.25) is 0 Å². The summed E-state index contributed by atoms with van der Waals surface area (Å²) in [7, 11) is 0. The number of anilines is 1. The van der Waals surface area contributed by atoms with E-state index >= 15 is 0 Å². The first-order chi connectivity index (χ1) is 11.1. The summed E-state index contributed by atoms with van der Waals surface area (Å²) in [6.45, 7) is 4.90. The molecule has 1 aliphatic rings. The molecule has 1 nitrogen and oxygen atoms in total. The maximum Gasteiger partial charge on any atom is 0.0314 e. The highest BCUT2D eigenvalue weighted by atomic mass is 14.5. The molecule has 0 saturated heterocycles. The van der Waals surface area contributed by atoms with Crippen molar-refractivity contribution < 1.29 is 0 Å². The molecule has 0 amide bonds. The standard InChI is InChI=1S/C22H29N/c1-17-16-22(2,20-10-12-21(23)13-11-20)14-6-9-19(17)15-18-7-4-3-5-8-18/h3-5,7-8,10-13,17,19H,6,9,14-16,23H2,1-2H3. The minimum Gasteiger partial charge on any atom is -0.399 e. The highest BCUT2D eigenvalue weighted by Gasteiger charge is 2.34. The van der Waals surface area contributed by atoms with E-state index in [1.807, 2.05) is 0 Å². The summed E-state index contributed by atoms with van der Waals surface area (Å²) in [4.78, 5) is 0. The normalized spacial score (nSPS) is 28.3. The summed E-state index contributed by atoms with van der Waals surface area (Å²) < 4.78 is 0. The lowest BCUT2D eigenvalue weighted by molar-refractivity contribution is 0.292. The summed E-state index contributed by atoms with van der Waals surface area (Å²) in [5.74, 6) is 1.55. The highest BCUT2D eigenvalue weighted by Crippen LogP contribution is 2.43. The number of rotatable bonds is 3. The van der Waals surface area contributed by atoms with E-state index in [0.29, 0.717) is 5.41 Å². The molecular formula is C22H29N. The quantitative estimate of drug-likeness (QED) is 0.580. The van der Waals surface area contributed by atoms with Gasteiger partial charge < -0.3 is 5.73 Å². The van der Waals surface area contributed by atoms with Crippen molar-refractivity contribution in [2.24, 2.45) is 11.8 Å². The van der Waals surface area contributed by atoms with E-state index in [9.17, 15) is 0 Å². The van der Waals surface area contributed by atoms with E-state index in [-0.39, 0.29) is 0 Å². The van der Waals surface area contributed by atoms with Crippen molar-refractivity contribution in [1.82, 2.24) is 0 Å². The van der Waals surface area contributed by atoms with Gasteiger partial charge in [-0.15, -0.1) is 0 Å². The topological polar surface area (TPSA) is 26.0 Å². The third kappa shape index (κ3) is 3.77. The fraction of sp³-hybridized carbons (Fsp3) is 0.455. The number of hydrogen-bond donors (Lipinski definition) is 1. The van der Waals surface area contributed by atoms with Crippen LogP contribution in [0.15, 0.2) is 54.6 Å². The van der Waals surface area contributed by atoms with Crippen LogP contribution in [0.3, 0.4) is 0 Å². The number of benzene rings is 2. The van der Waals surface area contributed by atoms with Gasteiger partial charge in [0.15, 0.2) is 0 Å². The Morgan fingerprint density at radius 3 is 2.43 bits per heavy atom. The molecule has 2 N–H and O–H groups in total. The second kappa shape index (κ2) is 6.78. The van der Waals surface area contributed by atoms with Gasteiger partial charge in [-0.25, -0.2) is 0 Å². The van der Waals surface area contributed by atoms with Gasteiger partial charge in [0.2, 0.25) is 0 Å². The molecule has 2 aromatic carbocycles. The molecule has 0 bridgehead atoms. The Balaban J connectivity index is 1.75. The van der Waals surface area contributed by atoms with Crippen molar-refractivity contribution in [2.75, 3.05) is 5.73 Å². The lowest BCUT2D eigenvalue weighted by Gasteiger charge is -2.32. The van der Waals surface area contributed by atoms with Crippen LogP contribution in [0, 0.1) is 11.8 Å². The Hall–Kier alpha value is -1.76. The lowest BCUT2D eigenvalue weighted by Crippen LogP contribution is -2.25. The molecule has 3 rings (SSSR count). The van der Waals surface area contributed by atoms with Gasteiger partial charge in [-0.3, -0.25) is 0 Å². The predicted molar refractivity (Wildman–Crippen MR) is 99.5 cm³/mol. The molecule has 2 aromatic rings. The number of hydrogen-bond acceptors (Lipinski definition) is 1. The van der Waals surface area contributed by atoms with Gasteiger partial charge >= 0.3 is 0 Å². The molecule has 23 heavy (non-hydrogen) atoms. The summed E-state index contributed by atoms with van der Waals surface area (Å²) >= 11 is 0. The zero-order chi connectivity index (χ0) is 16.3. The fourth-order valence-corrected chi connectivity index (χ4v) is 4.39. The summed E-state index contributed by atoms with van der Waals surface area (Å²) in [5, 5.41) is 0. The average molecular weight is 307 g/mol. The van der Waals surface area contributed by atoms with Crippen molar-refractivity contribution in [3.8, 4) is 0 Å². The van der Waals surface area contributed by atoms with Crippen LogP contribution < -0.4 is 5.73 Å². The second-order valence-corrected chi connectivity index (χ2v) is 7.71. The Morgan fingerprint density at radius 1 is 1.04 bits per heavy atom. The van der Waals surface area contributed by atoms with Crippen LogP contribution in [0.25, 0.3) is 0 Å². The first-order valence-electron chi connectivity index (χ1n) is 8.97. The minimum atomic E-state index is 0.290. The molecule has 1 heteroatoms. The van der Waals surface area contributed by atoms with Gasteiger partial charge in [0.25, 0.3) is 0 Å². The molecule has 1 aliphatic carbocycles. The molecule has 1 fully saturated rings. The van der Waals surface area contributed by atoms with Crippen molar-refractivity contribution >= 4 is 5.69 Å². The Morgan fingerprint density at radius 2 is 1.74 bits per heavy atom. The van der Waals surface area contributed by atoms with Crippen LogP contribution in [-0.2, 0) is 11.8 Å². The van der Waals surface area contributed by atoms with Gasteiger partial charge in [-0.2, -0.15) is 0 Å². The Kier molecular flexibility index (Phi) is 4.75. The van der Waals surface area contributed by atoms with Gasteiger partial charge in [-0.05, 0) is 66.2 Å². The van der Waals surface area contributed by atoms with Crippen LogP contribution in [0.4, 0.5) is 5.69 Å². The Bertz CT molecular complexity index is 616. The van der Waals surface area contributed by atoms with Crippen molar-refractivity contribution in [2.45, 2.75) is 51.4 Å². The zero-order valence-electron chi connectivity index (χ0n) is 14.5. The van der Waals surface area contributed by atoms with Crippen LogP contribution in [0.1, 0.15) is 50.7 Å². The molecule has 3 atom stereocenters. The highest BCUT2D eigenvalue weighted by molar-refractivity contribution is 5.41. The molecule has 122 valence electrons. The summed E-state index contributed by atoms with van der Waals surface area (Å²) in [6, 6.07) is 19.6. The maximum atomic E-state index is 5.87. The summed E-state index contributed by atoms with van der Waals surface area (Å²) in [5.41, 5.74) is 9.96. The predicted octanol–water partition coefficient (Wildman–Crippen LogP) is 5.60. The van der Waals surface area contributed by atoms with Gasteiger partial charge in [0.1, 0.15) is 0 Å². The van der Waals surface area contributed by atoms with Gasteiger partial charge in [0.05, 0.1) is 0 Å².